The number of benzene rings is 3. The highest BCUT2D eigenvalue weighted by Crippen LogP contribution is 2.34. The van der Waals surface area contributed by atoms with Crippen LogP contribution in [0.15, 0.2) is 66.7 Å². The highest BCUT2D eigenvalue weighted by atomic mass is 35.5. The molecule has 4 rings (SSSR count). The van der Waals surface area contributed by atoms with E-state index in [2.05, 4.69) is 22.8 Å². The van der Waals surface area contributed by atoms with Crippen molar-refractivity contribution >= 4 is 44.9 Å². The Morgan fingerprint density at radius 3 is 2.37 bits per heavy atom. The summed E-state index contributed by atoms with van der Waals surface area (Å²) in [6.07, 6.45) is 1.38. The number of halogens is 3. The number of piperidine rings is 1. The van der Waals surface area contributed by atoms with E-state index in [1.807, 2.05) is 36.4 Å². The lowest BCUT2D eigenvalue weighted by Crippen LogP contribution is -2.42. The summed E-state index contributed by atoms with van der Waals surface area (Å²) in [5, 5.41) is 6.21. The SMILES string of the molecule is CCS(=O)(=O)N1CCC(C(CNC(=O)Nc2ccc(F)c(Cl)c2)c2ccc(-c3cccc(Cl)c3)cc2)CC1. The standard InChI is InChI=1S/C28H30Cl2FN3O3S/c1-2-38(36,37)34-14-12-21(13-15-34)25(18-32-28(35)33-24-10-11-27(31)26(30)17-24)20-8-6-19(7-9-20)22-4-3-5-23(29)16-22/h3-11,16-17,21,25H,2,12-15,18H2,1H3,(H2,32,33,35). The fourth-order valence-electron chi connectivity index (χ4n) is 4.84. The largest absolute Gasteiger partial charge is 0.337 e. The smallest absolute Gasteiger partial charge is 0.319 e. The molecular formula is C28H30Cl2FN3O3S. The fraction of sp³-hybridized carbons (Fsp3) is 0.321. The number of hydrogen-bond acceptors (Lipinski definition) is 3. The van der Waals surface area contributed by atoms with Gasteiger partial charge < -0.3 is 10.6 Å². The average Bonchev–Trinajstić information content (AvgIpc) is 2.91. The molecule has 0 bridgehead atoms. The zero-order chi connectivity index (χ0) is 27.3. The van der Waals surface area contributed by atoms with Gasteiger partial charge in [0.2, 0.25) is 10.0 Å². The van der Waals surface area contributed by atoms with Gasteiger partial charge in [-0.3, -0.25) is 0 Å². The van der Waals surface area contributed by atoms with Crippen LogP contribution in [0.25, 0.3) is 11.1 Å². The Morgan fingerprint density at radius 1 is 1.03 bits per heavy atom. The average molecular weight is 579 g/mol. The van der Waals surface area contributed by atoms with Crippen LogP contribution in [0.4, 0.5) is 14.9 Å². The van der Waals surface area contributed by atoms with Crippen LogP contribution in [0.3, 0.4) is 0 Å². The summed E-state index contributed by atoms with van der Waals surface area (Å²) in [7, 11) is -3.24. The van der Waals surface area contributed by atoms with Gasteiger partial charge in [0.25, 0.3) is 0 Å². The monoisotopic (exact) mass is 577 g/mol. The lowest BCUT2D eigenvalue weighted by molar-refractivity contribution is 0.233. The third-order valence-electron chi connectivity index (χ3n) is 6.98. The minimum absolute atomic E-state index is 0.0301. The Hall–Kier alpha value is -2.65. The summed E-state index contributed by atoms with van der Waals surface area (Å²) in [4.78, 5) is 12.7. The minimum atomic E-state index is -3.24. The third kappa shape index (κ3) is 7.05. The molecule has 2 amide bonds. The van der Waals surface area contributed by atoms with Crippen LogP contribution in [0.1, 0.15) is 31.2 Å². The molecule has 6 nitrogen and oxygen atoms in total. The lowest BCUT2D eigenvalue weighted by Gasteiger charge is -2.35. The van der Waals surface area contributed by atoms with Crippen LogP contribution in [0.2, 0.25) is 10.0 Å². The highest BCUT2D eigenvalue weighted by molar-refractivity contribution is 7.89. The molecule has 1 fully saturated rings. The van der Waals surface area contributed by atoms with E-state index < -0.39 is 21.9 Å². The second-order valence-corrected chi connectivity index (χ2v) is 12.4. The van der Waals surface area contributed by atoms with Crippen LogP contribution < -0.4 is 10.6 Å². The van der Waals surface area contributed by atoms with Gasteiger partial charge in [0.05, 0.1) is 10.8 Å². The Labute approximate surface area is 233 Å². The van der Waals surface area contributed by atoms with Gasteiger partial charge >= 0.3 is 6.03 Å². The van der Waals surface area contributed by atoms with Crippen molar-refractivity contribution in [1.29, 1.82) is 0 Å². The first-order valence-corrected chi connectivity index (χ1v) is 14.9. The first-order valence-electron chi connectivity index (χ1n) is 12.5. The van der Waals surface area contributed by atoms with E-state index in [-0.39, 0.29) is 22.6 Å². The van der Waals surface area contributed by atoms with E-state index in [4.69, 9.17) is 23.2 Å². The predicted molar refractivity (Wildman–Crippen MR) is 152 cm³/mol. The van der Waals surface area contributed by atoms with E-state index >= 15 is 0 Å². The van der Waals surface area contributed by atoms with Crippen molar-refractivity contribution < 1.29 is 17.6 Å². The quantitative estimate of drug-likeness (QED) is 0.310. The summed E-state index contributed by atoms with van der Waals surface area (Å²) in [5.41, 5.74) is 3.47. The number of hydrogen-bond donors (Lipinski definition) is 2. The molecule has 2 N–H and O–H groups in total. The molecule has 1 aliphatic rings. The maximum absolute atomic E-state index is 13.5. The summed E-state index contributed by atoms with van der Waals surface area (Å²) in [6, 6.07) is 19.4. The van der Waals surface area contributed by atoms with Crippen molar-refractivity contribution in [1.82, 2.24) is 9.62 Å². The zero-order valence-electron chi connectivity index (χ0n) is 21.0. The minimum Gasteiger partial charge on any atom is -0.337 e. The van der Waals surface area contributed by atoms with E-state index in [1.54, 1.807) is 11.2 Å². The summed E-state index contributed by atoms with van der Waals surface area (Å²) < 4.78 is 39.7. The van der Waals surface area contributed by atoms with Crippen LogP contribution in [0, 0.1) is 11.7 Å². The van der Waals surface area contributed by atoms with Crippen molar-refractivity contribution in [2.75, 3.05) is 30.7 Å². The number of amides is 2. The molecule has 38 heavy (non-hydrogen) atoms. The fourth-order valence-corrected chi connectivity index (χ4v) is 6.34. The molecular weight excluding hydrogens is 548 g/mol. The molecule has 1 unspecified atom stereocenters. The Balaban J connectivity index is 1.50. The number of carbonyl (C=O) groups excluding carboxylic acids is 1. The van der Waals surface area contributed by atoms with E-state index in [9.17, 15) is 17.6 Å². The van der Waals surface area contributed by atoms with Crippen molar-refractivity contribution in [2.24, 2.45) is 5.92 Å². The molecule has 10 heteroatoms. The molecule has 0 aromatic heterocycles. The predicted octanol–water partition coefficient (Wildman–Crippen LogP) is 6.77. The molecule has 1 aliphatic heterocycles. The number of nitrogens with zero attached hydrogens (tertiary/aromatic N) is 1. The van der Waals surface area contributed by atoms with Gasteiger partial charge in [-0.15, -0.1) is 0 Å². The molecule has 0 saturated carbocycles. The van der Waals surface area contributed by atoms with Crippen LogP contribution in [-0.4, -0.2) is 44.1 Å². The van der Waals surface area contributed by atoms with Gasteiger partial charge in [0, 0.05) is 36.3 Å². The molecule has 1 saturated heterocycles. The second-order valence-electron chi connectivity index (χ2n) is 9.34. The van der Waals surface area contributed by atoms with Gasteiger partial charge in [0.1, 0.15) is 5.82 Å². The molecule has 3 aromatic rings. The normalized spacial score (nSPS) is 15.7. The zero-order valence-corrected chi connectivity index (χ0v) is 23.3. The Kier molecular flexibility index (Phi) is 9.31. The van der Waals surface area contributed by atoms with E-state index in [1.165, 1.54) is 18.2 Å². The first-order chi connectivity index (χ1) is 18.2. The molecule has 1 atom stereocenters. The number of urea groups is 1. The summed E-state index contributed by atoms with van der Waals surface area (Å²) in [6.45, 7) is 2.92. The molecule has 0 aliphatic carbocycles. The summed E-state index contributed by atoms with van der Waals surface area (Å²) in [5.74, 6) is -0.329. The highest BCUT2D eigenvalue weighted by Gasteiger charge is 2.32. The number of rotatable bonds is 8. The number of carbonyl (C=O) groups is 1. The maximum atomic E-state index is 13.5. The van der Waals surface area contributed by atoms with Crippen molar-refractivity contribution in [3.63, 3.8) is 0 Å². The number of anilines is 1. The Morgan fingerprint density at radius 2 is 1.74 bits per heavy atom. The summed E-state index contributed by atoms with van der Waals surface area (Å²) >= 11 is 12.0. The molecule has 202 valence electrons. The van der Waals surface area contributed by atoms with Gasteiger partial charge in [-0.2, -0.15) is 0 Å². The molecule has 0 radical (unpaired) electrons. The lowest BCUT2D eigenvalue weighted by atomic mass is 9.80. The third-order valence-corrected chi connectivity index (χ3v) is 9.39. The van der Waals surface area contributed by atoms with Crippen molar-refractivity contribution in [2.45, 2.75) is 25.7 Å². The maximum Gasteiger partial charge on any atom is 0.319 e. The van der Waals surface area contributed by atoms with Crippen LogP contribution in [-0.2, 0) is 10.0 Å². The number of sulfonamides is 1. The molecule has 0 spiro atoms. The van der Waals surface area contributed by atoms with Crippen LogP contribution >= 0.6 is 23.2 Å². The molecule has 1 heterocycles. The van der Waals surface area contributed by atoms with Crippen molar-refractivity contribution in [3.05, 3.63) is 88.2 Å². The van der Waals surface area contributed by atoms with Crippen LogP contribution in [0.5, 0.6) is 0 Å². The second kappa shape index (κ2) is 12.5. The van der Waals surface area contributed by atoms with Gasteiger partial charge in [-0.1, -0.05) is 59.6 Å². The van der Waals surface area contributed by atoms with E-state index in [0.717, 1.165) is 16.7 Å². The first kappa shape index (κ1) is 28.4. The molecule has 3 aromatic carbocycles. The van der Waals surface area contributed by atoms with Crippen molar-refractivity contribution in [3.8, 4) is 11.1 Å². The Bertz CT molecular complexity index is 1380. The topological polar surface area (TPSA) is 78.5 Å². The van der Waals surface area contributed by atoms with Gasteiger partial charge in [-0.05, 0) is 72.7 Å². The van der Waals surface area contributed by atoms with Gasteiger partial charge in [-0.25, -0.2) is 21.9 Å². The van der Waals surface area contributed by atoms with Gasteiger partial charge in [0.15, 0.2) is 0 Å². The van der Waals surface area contributed by atoms with E-state index in [0.29, 0.717) is 43.2 Å². The number of nitrogens with one attached hydrogen (secondary N) is 2.